The van der Waals surface area contributed by atoms with Gasteiger partial charge in [-0.05, 0) is 62.7 Å². The van der Waals surface area contributed by atoms with E-state index >= 15 is 0 Å². The summed E-state index contributed by atoms with van der Waals surface area (Å²) in [7, 11) is 3.61. The minimum absolute atomic E-state index is 0.0187. The van der Waals surface area contributed by atoms with Crippen molar-refractivity contribution in [3.63, 3.8) is 0 Å². The zero-order chi connectivity index (χ0) is 16.9. The van der Waals surface area contributed by atoms with Crippen molar-refractivity contribution in [2.24, 2.45) is 5.92 Å². The minimum atomic E-state index is 0.0187. The molecule has 0 aliphatic carbocycles. The van der Waals surface area contributed by atoms with Gasteiger partial charge in [-0.3, -0.25) is 4.79 Å². The monoisotopic (exact) mass is 328 g/mol. The van der Waals surface area contributed by atoms with Crippen LogP contribution in [0, 0.1) is 5.92 Å². The number of likely N-dealkylation sites (tertiary alicyclic amines) is 1. The van der Waals surface area contributed by atoms with Crippen LogP contribution in [0.1, 0.15) is 23.3 Å². The predicted molar refractivity (Wildman–Crippen MR) is 92.7 cm³/mol. The van der Waals surface area contributed by atoms with Crippen LogP contribution in [0.4, 0.5) is 0 Å². The third-order valence-corrected chi connectivity index (χ3v) is 4.54. The van der Waals surface area contributed by atoms with Gasteiger partial charge in [0, 0.05) is 19.3 Å². The summed E-state index contributed by atoms with van der Waals surface area (Å²) < 4.78 is 6.88. The first-order chi connectivity index (χ1) is 11.7. The molecule has 1 saturated heterocycles. The number of benzene rings is 1. The molecular formula is C18H24N4O2. The Kier molecular flexibility index (Phi) is 5.15. The maximum Gasteiger partial charge on any atom is 0.274 e. The third kappa shape index (κ3) is 3.59. The molecule has 3 rings (SSSR count). The molecule has 1 N–H and O–H groups in total. The fraction of sp³-hybridized carbons (Fsp3) is 0.444. The molecule has 1 aromatic heterocycles. The number of nitrogens with zero attached hydrogens (tertiary/aromatic N) is 3. The summed E-state index contributed by atoms with van der Waals surface area (Å²) >= 11 is 0. The van der Waals surface area contributed by atoms with E-state index in [4.69, 9.17) is 4.74 Å². The van der Waals surface area contributed by atoms with E-state index in [9.17, 15) is 4.79 Å². The van der Waals surface area contributed by atoms with Crippen molar-refractivity contribution in [1.82, 2.24) is 20.0 Å². The van der Waals surface area contributed by atoms with Crippen LogP contribution in [0.5, 0.6) is 5.75 Å². The third-order valence-electron chi connectivity index (χ3n) is 4.54. The van der Waals surface area contributed by atoms with Crippen LogP contribution in [0.2, 0.25) is 0 Å². The second-order valence-electron chi connectivity index (χ2n) is 6.14. The number of aromatic nitrogens is 2. The molecule has 1 aliphatic rings. The summed E-state index contributed by atoms with van der Waals surface area (Å²) in [6.07, 6.45) is 3.92. The van der Waals surface area contributed by atoms with Crippen LogP contribution in [0.25, 0.3) is 5.69 Å². The summed E-state index contributed by atoms with van der Waals surface area (Å²) in [4.78, 5) is 14.5. The summed E-state index contributed by atoms with van der Waals surface area (Å²) in [5, 5.41) is 7.65. The quantitative estimate of drug-likeness (QED) is 0.911. The molecular weight excluding hydrogens is 304 g/mol. The molecule has 0 radical (unpaired) electrons. The first kappa shape index (κ1) is 16.5. The lowest BCUT2D eigenvalue weighted by Gasteiger charge is -2.31. The van der Waals surface area contributed by atoms with Gasteiger partial charge in [-0.2, -0.15) is 5.10 Å². The molecule has 0 saturated carbocycles. The lowest BCUT2D eigenvalue weighted by Crippen LogP contribution is -2.40. The van der Waals surface area contributed by atoms with Crippen molar-refractivity contribution in [3.8, 4) is 11.4 Å². The van der Waals surface area contributed by atoms with Crippen LogP contribution >= 0.6 is 0 Å². The molecule has 24 heavy (non-hydrogen) atoms. The number of ether oxygens (including phenoxy) is 1. The molecule has 1 fully saturated rings. The largest absolute Gasteiger partial charge is 0.497 e. The number of methoxy groups -OCH3 is 1. The Morgan fingerprint density at radius 3 is 2.58 bits per heavy atom. The van der Waals surface area contributed by atoms with Gasteiger partial charge in [0.15, 0.2) is 5.69 Å². The van der Waals surface area contributed by atoms with E-state index in [1.54, 1.807) is 17.9 Å². The van der Waals surface area contributed by atoms with Crippen molar-refractivity contribution >= 4 is 5.91 Å². The van der Waals surface area contributed by atoms with Gasteiger partial charge >= 0.3 is 0 Å². The predicted octanol–water partition coefficient (Wildman–Crippen LogP) is 1.95. The Hall–Kier alpha value is -2.34. The number of hydrogen-bond donors (Lipinski definition) is 1. The van der Waals surface area contributed by atoms with E-state index < -0.39 is 0 Å². The lowest BCUT2D eigenvalue weighted by atomic mass is 9.97. The van der Waals surface area contributed by atoms with Crippen LogP contribution in [-0.4, -0.2) is 54.4 Å². The minimum Gasteiger partial charge on any atom is -0.497 e. The van der Waals surface area contributed by atoms with E-state index in [-0.39, 0.29) is 5.91 Å². The van der Waals surface area contributed by atoms with Crippen LogP contribution in [0.15, 0.2) is 36.5 Å². The molecule has 2 heterocycles. The number of carbonyl (C=O) groups is 1. The van der Waals surface area contributed by atoms with E-state index in [0.29, 0.717) is 11.6 Å². The average molecular weight is 328 g/mol. The number of nitrogens with one attached hydrogen (secondary N) is 1. The van der Waals surface area contributed by atoms with Gasteiger partial charge in [0.25, 0.3) is 5.91 Å². The molecule has 1 aromatic carbocycles. The normalized spacial score (nSPS) is 15.5. The molecule has 6 heteroatoms. The van der Waals surface area contributed by atoms with E-state index in [0.717, 1.165) is 43.9 Å². The number of piperidine rings is 1. The number of amides is 1. The topological polar surface area (TPSA) is 59.4 Å². The highest BCUT2D eigenvalue weighted by Crippen LogP contribution is 2.19. The fourth-order valence-electron chi connectivity index (χ4n) is 3.11. The van der Waals surface area contributed by atoms with E-state index in [1.165, 1.54) is 0 Å². The van der Waals surface area contributed by atoms with Crippen molar-refractivity contribution < 1.29 is 9.53 Å². The highest BCUT2D eigenvalue weighted by Gasteiger charge is 2.24. The van der Waals surface area contributed by atoms with E-state index in [1.807, 2.05) is 42.4 Å². The van der Waals surface area contributed by atoms with Gasteiger partial charge in [0.1, 0.15) is 5.75 Å². The van der Waals surface area contributed by atoms with Gasteiger partial charge in [0.2, 0.25) is 0 Å². The molecule has 128 valence electrons. The first-order valence-electron chi connectivity index (χ1n) is 8.35. The lowest BCUT2D eigenvalue weighted by molar-refractivity contribution is 0.0684. The van der Waals surface area contributed by atoms with E-state index in [2.05, 4.69) is 10.4 Å². The van der Waals surface area contributed by atoms with Crippen molar-refractivity contribution in [2.75, 3.05) is 33.8 Å². The Labute approximate surface area is 142 Å². The van der Waals surface area contributed by atoms with Crippen molar-refractivity contribution in [3.05, 3.63) is 42.2 Å². The highest BCUT2D eigenvalue weighted by atomic mass is 16.5. The number of hydrogen-bond acceptors (Lipinski definition) is 4. The van der Waals surface area contributed by atoms with Gasteiger partial charge in [0.05, 0.1) is 12.8 Å². The summed E-state index contributed by atoms with van der Waals surface area (Å²) in [5.74, 6) is 1.48. The number of carbonyl (C=O) groups excluding carboxylic acids is 1. The second kappa shape index (κ2) is 7.49. The molecule has 1 amide bonds. The molecule has 0 atom stereocenters. The van der Waals surface area contributed by atoms with Crippen molar-refractivity contribution in [2.45, 2.75) is 12.8 Å². The standard InChI is InChI=1S/C18H24N4O2/c1-19-13-14-7-10-21(11-8-14)18(23)17-9-12-22(20-17)15-3-5-16(24-2)6-4-15/h3-6,9,12,14,19H,7-8,10-11,13H2,1-2H3. The molecule has 6 nitrogen and oxygen atoms in total. The Bertz CT molecular complexity index is 673. The smallest absolute Gasteiger partial charge is 0.274 e. The maximum atomic E-state index is 12.6. The molecule has 0 bridgehead atoms. The molecule has 1 aliphatic heterocycles. The fourth-order valence-corrected chi connectivity index (χ4v) is 3.11. The summed E-state index contributed by atoms with van der Waals surface area (Å²) in [5.41, 5.74) is 1.40. The first-order valence-corrected chi connectivity index (χ1v) is 8.35. The molecule has 2 aromatic rings. The highest BCUT2D eigenvalue weighted by molar-refractivity contribution is 5.92. The van der Waals surface area contributed by atoms with Gasteiger partial charge in [-0.1, -0.05) is 0 Å². The Morgan fingerprint density at radius 2 is 1.96 bits per heavy atom. The maximum absolute atomic E-state index is 12.6. The van der Waals surface area contributed by atoms with Gasteiger partial charge < -0.3 is 15.0 Å². The van der Waals surface area contributed by atoms with Crippen LogP contribution in [0.3, 0.4) is 0 Å². The second-order valence-corrected chi connectivity index (χ2v) is 6.14. The zero-order valence-electron chi connectivity index (χ0n) is 14.2. The molecule has 0 unspecified atom stereocenters. The Morgan fingerprint density at radius 1 is 1.25 bits per heavy atom. The number of rotatable bonds is 5. The SMILES string of the molecule is CNCC1CCN(C(=O)c2ccn(-c3ccc(OC)cc3)n2)CC1. The van der Waals surface area contributed by atoms with Crippen molar-refractivity contribution in [1.29, 1.82) is 0 Å². The average Bonchev–Trinajstić information content (AvgIpc) is 3.12. The summed E-state index contributed by atoms with van der Waals surface area (Å²) in [6, 6.07) is 9.38. The summed E-state index contributed by atoms with van der Waals surface area (Å²) in [6.45, 7) is 2.63. The van der Waals surface area contributed by atoms with Crippen LogP contribution in [-0.2, 0) is 0 Å². The van der Waals surface area contributed by atoms with Crippen LogP contribution < -0.4 is 10.1 Å². The molecule has 0 spiro atoms. The van der Waals surface area contributed by atoms with Gasteiger partial charge in [-0.25, -0.2) is 4.68 Å². The zero-order valence-corrected chi connectivity index (χ0v) is 14.2. The van der Waals surface area contributed by atoms with Gasteiger partial charge in [-0.15, -0.1) is 0 Å². The Balaban J connectivity index is 1.65.